The van der Waals surface area contributed by atoms with Crippen LogP contribution in [0.1, 0.15) is 61.0 Å². The van der Waals surface area contributed by atoms with Crippen molar-refractivity contribution in [3.8, 4) is 0 Å². The standard InChI is InChI=1S/C42H52FN9O5/c1-26(2)22-29(12-8-20-47-40(56)36(23-27-10-4-3-5-11-27)52-38(54)28-16-18-31(43)19-17-28)39(55)50-34(15-9-21-48-42(45)46)41(57)51-35(37(44)53)24-30-25-49-33-14-7-6-13-32(30)33/h3-7,10-14,16-19,25-26,34-36,49H,8-9,15,20-24H2,1-2H3,(H2,44,53)(H,47,56)(H,50,55)(H,51,57)(H,52,54)(H4,45,46,48)/t34-,35-,36-/m0/s1. The van der Waals surface area contributed by atoms with Gasteiger partial charge in [0.05, 0.1) is 0 Å². The number of para-hydroxylation sites is 1. The summed E-state index contributed by atoms with van der Waals surface area (Å²) in [7, 11) is 0. The van der Waals surface area contributed by atoms with Gasteiger partial charge in [-0.05, 0) is 73.1 Å². The number of carbonyl (C=O) groups is 5. The van der Waals surface area contributed by atoms with Crippen LogP contribution in [0.3, 0.4) is 0 Å². The zero-order valence-electron chi connectivity index (χ0n) is 32.2. The van der Waals surface area contributed by atoms with Crippen LogP contribution in [0.4, 0.5) is 4.39 Å². The number of guanidine groups is 1. The Morgan fingerprint density at radius 3 is 2.19 bits per heavy atom. The largest absolute Gasteiger partial charge is 0.370 e. The molecule has 302 valence electrons. The van der Waals surface area contributed by atoms with E-state index in [9.17, 15) is 28.4 Å². The minimum atomic E-state index is -1.06. The van der Waals surface area contributed by atoms with Gasteiger partial charge in [-0.25, -0.2) is 4.39 Å². The lowest BCUT2D eigenvalue weighted by molar-refractivity contribution is -0.130. The number of aromatic amines is 1. The fourth-order valence-corrected chi connectivity index (χ4v) is 6.21. The lowest BCUT2D eigenvalue weighted by atomic mass is 10.00. The van der Waals surface area contributed by atoms with Crippen molar-refractivity contribution in [2.45, 2.75) is 70.5 Å². The van der Waals surface area contributed by atoms with Gasteiger partial charge in [0.15, 0.2) is 5.96 Å². The maximum atomic E-state index is 13.8. The van der Waals surface area contributed by atoms with Crippen molar-refractivity contribution in [2.24, 2.45) is 28.1 Å². The number of halogens is 1. The van der Waals surface area contributed by atoms with Gasteiger partial charge in [-0.3, -0.25) is 29.0 Å². The maximum Gasteiger partial charge on any atom is 0.251 e. The van der Waals surface area contributed by atoms with E-state index in [-0.39, 0.29) is 56.2 Å². The Labute approximate surface area is 331 Å². The zero-order valence-corrected chi connectivity index (χ0v) is 32.2. The predicted molar refractivity (Wildman–Crippen MR) is 218 cm³/mol. The highest BCUT2D eigenvalue weighted by atomic mass is 19.1. The van der Waals surface area contributed by atoms with E-state index in [1.165, 1.54) is 24.3 Å². The number of nitrogens with two attached hydrogens (primary N) is 3. The Hall–Kier alpha value is -6.51. The van der Waals surface area contributed by atoms with E-state index >= 15 is 0 Å². The number of benzene rings is 3. The summed E-state index contributed by atoms with van der Waals surface area (Å²) in [6, 6.07) is 18.7. The molecule has 0 aliphatic carbocycles. The topological polar surface area (TPSA) is 240 Å². The maximum absolute atomic E-state index is 13.8. The van der Waals surface area contributed by atoms with E-state index < -0.39 is 53.5 Å². The molecular formula is C42H52FN9O5. The highest BCUT2D eigenvalue weighted by molar-refractivity contribution is 5.99. The van der Waals surface area contributed by atoms with Gasteiger partial charge in [0.2, 0.25) is 23.6 Å². The Morgan fingerprint density at radius 1 is 0.807 bits per heavy atom. The summed E-state index contributed by atoms with van der Waals surface area (Å²) in [6.45, 7) is 4.24. The van der Waals surface area contributed by atoms with E-state index in [0.717, 1.165) is 22.0 Å². The molecule has 0 aliphatic rings. The third-order valence-corrected chi connectivity index (χ3v) is 9.09. The van der Waals surface area contributed by atoms with Gasteiger partial charge in [0.1, 0.15) is 23.9 Å². The predicted octanol–water partition coefficient (Wildman–Crippen LogP) is 2.88. The molecule has 0 spiro atoms. The molecule has 3 atom stereocenters. The summed E-state index contributed by atoms with van der Waals surface area (Å²) in [6.07, 6.45) is 4.95. The normalized spacial score (nSPS) is 12.9. The molecule has 0 unspecified atom stereocenters. The Balaban J connectivity index is 1.44. The third kappa shape index (κ3) is 13.9. The highest BCUT2D eigenvalue weighted by Gasteiger charge is 2.28. The molecule has 0 radical (unpaired) electrons. The van der Waals surface area contributed by atoms with E-state index in [4.69, 9.17) is 17.2 Å². The Morgan fingerprint density at radius 2 is 1.51 bits per heavy atom. The summed E-state index contributed by atoms with van der Waals surface area (Å²) in [5.74, 6) is -3.31. The molecule has 57 heavy (non-hydrogen) atoms. The van der Waals surface area contributed by atoms with Crippen LogP contribution in [0.5, 0.6) is 0 Å². The molecule has 14 nitrogen and oxygen atoms in total. The Bertz CT molecular complexity index is 2040. The average molecular weight is 782 g/mol. The highest BCUT2D eigenvalue weighted by Crippen LogP contribution is 2.19. The first-order valence-corrected chi connectivity index (χ1v) is 18.9. The molecule has 5 amide bonds. The molecule has 15 heteroatoms. The molecule has 0 saturated heterocycles. The summed E-state index contributed by atoms with van der Waals surface area (Å²) in [5, 5.41) is 12.1. The SMILES string of the molecule is CC(C)CC(=CCCNC(=O)[C@H](Cc1ccccc1)NC(=O)c1ccc(F)cc1)C(=O)N[C@@H](CCCN=C(N)N)C(=O)N[C@@H](Cc1c[nH]c2ccccc12)C(N)=O. The minimum absolute atomic E-state index is 0.0677. The molecule has 1 aromatic heterocycles. The van der Waals surface area contributed by atoms with Gasteiger partial charge in [0, 0.05) is 54.2 Å². The van der Waals surface area contributed by atoms with Crippen molar-refractivity contribution in [2.75, 3.05) is 13.1 Å². The number of carbonyl (C=O) groups excluding carboxylic acids is 5. The molecule has 4 rings (SSSR count). The van der Waals surface area contributed by atoms with Crippen LogP contribution in [0.15, 0.2) is 102 Å². The quantitative estimate of drug-likeness (QED) is 0.0272. The third-order valence-electron chi connectivity index (χ3n) is 9.09. The van der Waals surface area contributed by atoms with Crippen molar-refractivity contribution in [1.29, 1.82) is 0 Å². The number of rotatable bonds is 21. The molecule has 0 aliphatic heterocycles. The average Bonchev–Trinajstić information content (AvgIpc) is 3.59. The first-order chi connectivity index (χ1) is 27.3. The van der Waals surface area contributed by atoms with Crippen molar-refractivity contribution in [3.05, 3.63) is 119 Å². The van der Waals surface area contributed by atoms with E-state index in [2.05, 4.69) is 31.2 Å². The van der Waals surface area contributed by atoms with Crippen molar-refractivity contribution < 1.29 is 28.4 Å². The van der Waals surface area contributed by atoms with Crippen LogP contribution in [-0.4, -0.2) is 71.7 Å². The van der Waals surface area contributed by atoms with Gasteiger partial charge in [0.25, 0.3) is 5.91 Å². The molecular weight excluding hydrogens is 730 g/mol. The van der Waals surface area contributed by atoms with E-state index in [1.54, 1.807) is 12.3 Å². The lowest BCUT2D eigenvalue weighted by Gasteiger charge is -2.23. The fraction of sp³-hybridized carbons (Fsp3) is 0.333. The minimum Gasteiger partial charge on any atom is -0.370 e. The molecule has 3 aromatic carbocycles. The van der Waals surface area contributed by atoms with Crippen molar-refractivity contribution in [3.63, 3.8) is 0 Å². The van der Waals surface area contributed by atoms with Crippen LogP contribution >= 0.6 is 0 Å². The van der Waals surface area contributed by atoms with E-state index in [1.807, 2.05) is 68.4 Å². The number of hydrogen-bond acceptors (Lipinski definition) is 6. The molecule has 1 heterocycles. The summed E-state index contributed by atoms with van der Waals surface area (Å²) in [4.78, 5) is 73.6. The molecule has 0 fully saturated rings. The van der Waals surface area contributed by atoms with Crippen LogP contribution in [0, 0.1) is 11.7 Å². The van der Waals surface area contributed by atoms with Gasteiger partial charge in [-0.2, -0.15) is 0 Å². The number of amides is 5. The van der Waals surface area contributed by atoms with Gasteiger partial charge in [-0.1, -0.05) is 68.5 Å². The van der Waals surface area contributed by atoms with Crippen LogP contribution < -0.4 is 38.5 Å². The monoisotopic (exact) mass is 781 g/mol. The van der Waals surface area contributed by atoms with Gasteiger partial charge >= 0.3 is 0 Å². The lowest BCUT2D eigenvalue weighted by Crippen LogP contribution is -2.53. The molecule has 11 N–H and O–H groups in total. The van der Waals surface area contributed by atoms with Gasteiger partial charge < -0.3 is 43.5 Å². The number of primary amides is 1. The summed E-state index contributed by atoms with van der Waals surface area (Å²) >= 11 is 0. The van der Waals surface area contributed by atoms with Crippen LogP contribution in [0.25, 0.3) is 10.9 Å². The summed E-state index contributed by atoms with van der Waals surface area (Å²) < 4.78 is 13.5. The van der Waals surface area contributed by atoms with Crippen molar-refractivity contribution >= 4 is 46.4 Å². The second kappa shape index (κ2) is 21.5. The molecule has 4 aromatic rings. The Kier molecular flexibility index (Phi) is 16.3. The zero-order chi connectivity index (χ0) is 41.3. The number of H-pyrrole nitrogens is 1. The van der Waals surface area contributed by atoms with Crippen molar-refractivity contribution in [1.82, 2.24) is 26.3 Å². The number of nitrogens with one attached hydrogen (secondary N) is 5. The molecule has 0 saturated carbocycles. The molecule has 0 bridgehead atoms. The second-order valence-electron chi connectivity index (χ2n) is 14.1. The number of aliphatic imine (C=N–C) groups is 1. The smallest absolute Gasteiger partial charge is 0.251 e. The van der Waals surface area contributed by atoms with Crippen LogP contribution in [0.2, 0.25) is 0 Å². The number of hydrogen-bond donors (Lipinski definition) is 8. The fourth-order valence-electron chi connectivity index (χ4n) is 6.21. The van der Waals surface area contributed by atoms with Crippen LogP contribution in [-0.2, 0) is 32.0 Å². The second-order valence-corrected chi connectivity index (χ2v) is 14.1. The first-order valence-electron chi connectivity index (χ1n) is 18.9. The number of fused-ring (bicyclic) bond motifs is 1. The first kappa shape index (κ1) is 43.2. The summed E-state index contributed by atoms with van der Waals surface area (Å²) in [5.41, 5.74) is 19.8. The number of nitrogens with zero attached hydrogens (tertiary/aromatic N) is 1. The van der Waals surface area contributed by atoms with Gasteiger partial charge in [-0.15, -0.1) is 0 Å². The van der Waals surface area contributed by atoms with E-state index in [0.29, 0.717) is 18.4 Å². The number of aromatic nitrogens is 1.